The summed E-state index contributed by atoms with van der Waals surface area (Å²) in [6.45, 7) is 12.9. The van der Waals surface area contributed by atoms with Crippen molar-refractivity contribution < 1.29 is 15.0 Å². The van der Waals surface area contributed by atoms with E-state index in [1.54, 1.807) is 6.92 Å². The molecule has 1 fully saturated rings. The second-order valence-electron chi connectivity index (χ2n) is 7.83. The largest absolute Gasteiger partial charge is 0.392 e. The molecule has 0 amide bonds. The van der Waals surface area contributed by atoms with E-state index in [0.29, 0.717) is 13.1 Å². The van der Waals surface area contributed by atoms with Crippen molar-refractivity contribution in [3.63, 3.8) is 0 Å². The molecule has 1 aromatic rings. The molecule has 2 N–H and O–H groups in total. The highest BCUT2D eigenvalue weighted by Crippen LogP contribution is 2.10. The molecule has 0 saturated carbocycles. The molecule has 27 heavy (non-hydrogen) atoms. The predicted molar refractivity (Wildman–Crippen MR) is 108 cm³/mol. The van der Waals surface area contributed by atoms with Crippen LogP contribution >= 0.6 is 0 Å². The first-order chi connectivity index (χ1) is 12.8. The van der Waals surface area contributed by atoms with Gasteiger partial charge in [0.2, 0.25) is 0 Å². The number of rotatable bonds is 7. The summed E-state index contributed by atoms with van der Waals surface area (Å²) in [4.78, 5) is 18.5. The molecule has 1 heterocycles. The third-order valence-corrected chi connectivity index (χ3v) is 5.01. The highest BCUT2D eigenvalue weighted by atomic mass is 16.3. The second-order valence-corrected chi connectivity index (χ2v) is 7.83. The van der Waals surface area contributed by atoms with Gasteiger partial charge in [-0.05, 0) is 26.3 Å². The summed E-state index contributed by atoms with van der Waals surface area (Å²) >= 11 is 0. The van der Waals surface area contributed by atoms with Gasteiger partial charge in [-0.3, -0.25) is 19.5 Å². The first kappa shape index (κ1) is 22.0. The number of hydrogen-bond acceptors (Lipinski definition) is 6. The lowest BCUT2D eigenvalue weighted by Gasteiger charge is -2.27. The summed E-state index contributed by atoms with van der Waals surface area (Å²) in [5, 5.41) is 19.6. The van der Waals surface area contributed by atoms with Crippen LogP contribution < -0.4 is 0 Å². The summed E-state index contributed by atoms with van der Waals surface area (Å²) in [5.41, 5.74) is 1.94. The van der Waals surface area contributed by atoms with E-state index in [0.717, 1.165) is 51.4 Å². The first-order valence-corrected chi connectivity index (χ1v) is 9.96. The van der Waals surface area contributed by atoms with Crippen LogP contribution in [0.15, 0.2) is 24.3 Å². The van der Waals surface area contributed by atoms with E-state index in [1.165, 1.54) is 5.56 Å². The van der Waals surface area contributed by atoms with Crippen LogP contribution in [-0.2, 0) is 6.54 Å². The SMILES string of the molecule is CC(=O)c1ccc(CN2CCN(C[C@H](C)O)CCN(C[C@H](C)O)CC2)cc1. The molecule has 152 valence electrons. The smallest absolute Gasteiger partial charge is 0.159 e. The molecule has 2 rings (SSSR count). The van der Waals surface area contributed by atoms with Crippen LogP contribution in [0.25, 0.3) is 0 Å². The zero-order valence-electron chi connectivity index (χ0n) is 17.0. The quantitative estimate of drug-likeness (QED) is 0.693. The van der Waals surface area contributed by atoms with Gasteiger partial charge in [-0.15, -0.1) is 0 Å². The molecular formula is C21H35N3O3. The van der Waals surface area contributed by atoms with Crippen LogP contribution in [0.1, 0.15) is 36.7 Å². The zero-order valence-corrected chi connectivity index (χ0v) is 17.0. The van der Waals surface area contributed by atoms with E-state index in [-0.39, 0.29) is 18.0 Å². The second kappa shape index (κ2) is 10.9. The fourth-order valence-electron chi connectivity index (χ4n) is 3.56. The summed E-state index contributed by atoms with van der Waals surface area (Å²) in [7, 11) is 0. The molecule has 0 spiro atoms. The van der Waals surface area contributed by atoms with E-state index in [1.807, 2.05) is 38.1 Å². The Morgan fingerprint density at radius 2 is 1.26 bits per heavy atom. The molecule has 2 atom stereocenters. The first-order valence-electron chi connectivity index (χ1n) is 9.96. The average Bonchev–Trinajstić information content (AvgIpc) is 2.68. The van der Waals surface area contributed by atoms with Gasteiger partial charge in [0.1, 0.15) is 0 Å². The van der Waals surface area contributed by atoms with Crippen LogP contribution in [0.4, 0.5) is 0 Å². The fourth-order valence-corrected chi connectivity index (χ4v) is 3.56. The highest BCUT2D eigenvalue weighted by molar-refractivity contribution is 5.93. The maximum atomic E-state index is 11.5. The van der Waals surface area contributed by atoms with Crippen LogP contribution in [-0.4, -0.2) is 95.3 Å². The molecule has 0 unspecified atom stereocenters. The van der Waals surface area contributed by atoms with Crippen molar-refractivity contribution in [2.24, 2.45) is 0 Å². The molecule has 1 aliphatic heterocycles. The molecule has 1 saturated heterocycles. The normalized spacial score (nSPS) is 20.5. The molecule has 0 aliphatic carbocycles. The number of β-amino-alcohol motifs (C(OH)–C–C–N with tert-alkyl or cyclic N) is 2. The van der Waals surface area contributed by atoms with Crippen LogP contribution in [0, 0.1) is 0 Å². The van der Waals surface area contributed by atoms with E-state index >= 15 is 0 Å². The number of hydrogen-bond donors (Lipinski definition) is 2. The number of nitrogens with zero attached hydrogens (tertiary/aromatic N) is 3. The van der Waals surface area contributed by atoms with Crippen LogP contribution in [0.3, 0.4) is 0 Å². The summed E-state index contributed by atoms with van der Waals surface area (Å²) in [6.07, 6.45) is -0.688. The lowest BCUT2D eigenvalue weighted by atomic mass is 10.1. The Morgan fingerprint density at radius 1 is 0.852 bits per heavy atom. The molecule has 1 aromatic carbocycles. The van der Waals surface area contributed by atoms with Crippen molar-refractivity contribution in [3.05, 3.63) is 35.4 Å². The Balaban J connectivity index is 2.03. The molecule has 6 heteroatoms. The number of carbonyl (C=O) groups is 1. The Hall–Kier alpha value is -1.31. The van der Waals surface area contributed by atoms with Crippen molar-refractivity contribution in [1.29, 1.82) is 0 Å². The minimum absolute atomic E-state index is 0.0897. The fraction of sp³-hybridized carbons (Fsp3) is 0.667. The van der Waals surface area contributed by atoms with Gasteiger partial charge in [0.15, 0.2) is 5.78 Å². The molecule has 0 bridgehead atoms. The van der Waals surface area contributed by atoms with E-state index in [4.69, 9.17) is 0 Å². The zero-order chi connectivity index (χ0) is 19.8. The van der Waals surface area contributed by atoms with Gasteiger partial charge in [0.25, 0.3) is 0 Å². The molecular weight excluding hydrogens is 342 g/mol. The Labute approximate surface area is 163 Å². The Bertz CT molecular complexity index is 553. The van der Waals surface area contributed by atoms with Crippen molar-refractivity contribution in [2.45, 2.75) is 39.5 Å². The molecule has 0 radical (unpaired) electrons. The third kappa shape index (κ3) is 8.07. The number of Topliss-reactive ketones (excluding diaryl/α,β-unsaturated/α-hetero) is 1. The van der Waals surface area contributed by atoms with Gasteiger partial charge in [0.05, 0.1) is 12.2 Å². The monoisotopic (exact) mass is 377 g/mol. The number of ketones is 1. The minimum Gasteiger partial charge on any atom is -0.392 e. The Morgan fingerprint density at radius 3 is 1.63 bits per heavy atom. The minimum atomic E-state index is -0.344. The van der Waals surface area contributed by atoms with Crippen molar-refractivity contribution in [2.75, 3.05) is 52.4 Å². The highest BCUT2D eigenvalue weighted by Gasteiger charge is 2.18. The van der Waals surface area contributed by atoms with Gasteiger partial charge in [-0.1, -0.05) is 24.3 Å². The maximum Gasteiger partial charge on any atom is 0.159 e. The van der Waals surface area contributed by atoms with E-state index in [2.05, 4.69) is 14.7 Å². The molecule has 1 aliphatic rings. The number of aliphatic hydroxyl groups is 2. The van der Waals surface area contributed by atoms with Gasteiger partial charge in [-0.2, -0.15) is 0 Å². The number of benzene rings is 1. The van der Waals surface area contributed by atoms with Gasteiger partial charge in [0, 0.05) is 64.5 Å². The van der Waals surface area contributed by atoms with E-state index in [9.17, 15) is 15.0 Å². The Kier molecular flexibility index (Phi) is 8.86. The average molecular weight is 378 g/mol. The van der Waals surface area contributed by atoms with Crippen molar-refractivity contribution in [3.8, 4) is 0 Å². The lowest BCUT2D eigenvalue weighted by Crippen LogP contribution is -2.41. The van der Waals surface area contributed by atoms with Crippen molar-refractivity contribution in [1.82, 2.24) is 14.7 Å². The number of aliphatic hydroxyl groups excluding tert-OH is 2. The maximum absolute atomic E-state index is 11.5. The lowest BCUT2D eigenvalue weighted by molar-refractivity contribution is 0.101. The van der Waals surface area contributed by atoms with Crippen LogP contribution in [0.5, 0.6) is 0 Å². The van der Waals surface area contributed by atoms with Crippen LogP contribution in [0.2, 0.25) is 0 Å². The van der Waals surface area contributed by atoms with Gasteiger partial charge in [-0.25, -0.2) is 0 Å². The van der Waals surface area contributed by atoms with Gasteiger partial charge >= 0.3 is 0 Å². The molecule has 6 nitrogen and oxygen atoms in total. The van der Waals surface area contributed by atoms with Crippen molar-refractivity contribution >= 4 is 5.78 Å². The summed E-state index contributed by atoms with van der Waals surface area (Å²) < 4.78 is 0. The standard InChI is InChI=1S/C21H35N3O3/c1-17(25)14-22-8-9-23(15-18(2)26)11-13-24(12-10-22)16-20-4-6-21(7-5-20)19(3)27/h4-7,17-18,25-26H,8-16H2,1-3H3/t17-,18-/m0/s1. The topological polar surface area (TPSA) is 67.2 Å². The van der Waals surface area contributed by atoms with Gasteiger partial charge < -0.3 is 10.2 Å². The summed E-state index contributed by atoms with van der Waals surface area (Å²) in [6, 6.07) is 7.86. The van der Waals surface area contributed by atoms with E-state index < -0.39 is 0 Å². The number of carbonyl (C=O) groups excluding carboxylic acids is 1. The third-order valence-electron chi connectivity index (χ3n) is 5.01. The molecule has 0 aromatic heterocycles. The summed E-state index contributed by atoms with van der Waals surface area (Å²) in [5.74, 6) is 0.0897. The predicted octanol–water partition coefficient (Wildman–Crippen LogP) is 1.07.